The Hall–Kier alpha value is -1.45. The second-order valence-corrected chi connectivity index (χ2v) is 3.22. The van der Waals surface area contributed by atoms with Gasteiger partial charge in [-0.15, -0.1) is 0 Å². The molecule has 1 aromatic rings. The van der Waals surface area contributed by atoms with Gasteiger partial charge in [0.05, 0.1) is 18.5 Å². The molecule has 0 aromatic heterocycles. The molecule has 0 aliphatic carbocycles. The van der Waals surface area contributed by atoms with Crippen LogP contribution in [0, 0.1) is 5.82 Å². The molecule has 1 aromatic carbocycles. The van der Waals surface area contributed by atoms with Gasteiger partial charge in [-0.25, -0.2) is 4.39 Å². The molecule has 0 amide bonds. The fourth-order valence-electron chi connectivity index (χ4n) is 1.55. The second-order valence-electron chi connectivity index (χ2n) is 3.22. The first-order chi connectivity index (χ1) is 7.13. The summed E-state index contributed by atoms with van der Waals surface area (Å²) in [5, 5.41) is 0. The van der Waals surface area contributed by atoms with Crippen LogP contribution in [0.4, 0.5) is 15.8 Å². The van der Waals surface area contributed by atoms with E-state index < -0.39 is 5.82 Å². The van der Waals surface area contributed by atoms with Gasteiger partial charge >= 0.3 is 0 Å². The van der Waals surface area contributed by atoms with E-state index in [4.69, 9.17) is 10.5 Å². The van der Waals surface area contributed by atoms with E-state index >= 15 is 0 Å². The molecule has 0 bridgehead atoms. The number of benzene rings is 1. The standard InChI is InChI=1S/C11H17FN2O/c1-4-14(5-2)10-7-11(15-3)8(12)6-9(10)13/h6-7H,4-5,13H2,1-3H3. The Morgan fingerprint density at radius 2 is 1.93 bits per heavy atom. The quantitative estimate of drug-likeness (QED) is 0.778. The van der Waals surface area contributed by atoms with Crippen LogP contribution in [-0.2, 0) is 0 Å². The molecule has 0 saturated heterocycles. The molecule has 0 saturated carbocycles. The first-order valence-electron chi connectivity index (χ1n) is 5.02. The topological polar surface area (TPSA) is 38.5 Å². The molecule has 3 nitrogen and oxygen atoms in total. The monoisotopic (exact) mass is 212 g/mol. The van der Waals surface area contributed by atoms with E-state index in [0.29, 0.717) is 5.69 Å². The molecule has 15 heavy (non-hydrogen) atoms. The van der Waals surface area contributed by atoms with Gasteiger partial charge in [-0.2, -0.15) is 0 Å². The number of anilines is 2. The maximum atomic E-state index is 13.3. The molecule has 2 N–H and O–H groups in total. The first-order valence-corrected chi connectivity index (χ1v) is 5.02. The fraction of sp³-hybridized carbons (Fsp3) is 0.455. The van der Waals surface area contributed by atoms with Crippen LogP contribution >= 0.6 is 0 Å². The summed E-state index contributed by atoms with van der Waals surface area (Å²) in [6, 6.07) is 2.93. The Morgan fingerprint density at radius 3 is 2.40 bits per heavy atom. The Balaban J connectivity index is 3.17. The highest BCUT2D eigenvalue weighted by atomic mass is 19.1. The zero-order valence-corrected chi connectivity index (χ0v) is 9.38. The van der Waals surface area contributed by atoms with E-state index in [1.807, 2.05) is 13.8 Å². The number of hydrogen-bond donors (Lipinski definition) is 1. The van der Waals surface area contributed by atoms with Crippen molar-refractivity contribution in [2.24, 2.45) is 0 Å². The van der Waals surface area contributed by atoms with Crippen LogP contribution < -0.4 is 15.4 Å². The van der Waals surface area contributed by atoms with Crippen LogP contribution in [0.3, 0.4) is 0 Å². The summed E-state index contributed by atoms with van der Waals surface area (Å²) in [5.41, 5.74) is 7.02. The molecule has 0 heterocycles. The van der Waals surface area contributed by atoms with Crippen LogP contribution in [-0.4, -0.2) is 20.2 Å². The normalized spacial score (nSPS) is 10.1. The van der Waals surface area contributed by atoms with Crippen molar-refractivity contribution >= 4 is 11.4 Å². The van der Waals surface area contributed by atoms with E-state index in [1.165, 1.54) is 13.2 Å². The summed E-state index contributed by atoms with van der Waals surface area (Å²) in [6.07, 6.45) is 0. The van der Waals surface area contributed by atoms with E-state index in [0.717, 1.165) is 18.8 Å². The highest BCUT2D eigenvalue weighted by Crippen LogP contribution is 2.30. The van der Waals surface area contributed by atoms with E-state index in [9.17, 15) is 4.39 Å². The number of rotatable bonds is 4. The molecule has 0 aliphatic heterocycles. The van der Waals surface area contributed by atoms with Crippen LogP contribution in [0.5, 0.6) is 5.75 Å². The molecule has 0 radical (unpaired) electrons. The number of hydrogen-bond acceptors (Lipinski definition) is 3. The summed E-state index contributed by atoms with van der Waals surface area (Å²) in [5.74, 6) is -0.197. The van der Waals surface area contributed by atoms with Gasteiger partial charge in [0.15, 0.2) is 11.6 Å². The van der Waals surface area contributed by atoms with Gasteiger partial charge in [-0.1, -0.05) is 0 Å². The summed E-state index contributed by atoms with van der Waals surface area (Å²) < 4.78 is 18.2. The Labute approximate surface area is 89.6 Å². The average molecular weight is 212 g/mol. The molecule has 0 aliphatic rings. The molecular formula is C11H17FN2O. The van der Waals surface area contributed by atoms with Crippen LogP contribution in [0.25, 0.3) is 0 Å². The molecule has 4 heteroatoms. The third-order valence-corrected chi connectivity index (χ3v) is 2.41. The van der Waals surface area contributed by atoms with Gasteiger partial charge in [0.1, 0.15) is 0 Å². The largest absolute Gasteiger partial charge is 0.494 e. The van der Waals surface area contributed by atoms with Crippen molar-refractivity contribution in [3.05, 3.63) is 17.9 Å². The van der Waals surface area contributed by atoms with Crippen molar-refractivity contribution in [1.29, 1.82) is 0 Å². The van der Waals surface area contributed by atoms with E-state index in [-0.39, 0.29) is 5.75 Å². The lowest BCUT2D eigenvalue weighted by Gasteiger charge is -2.23. The minimum absolute atomic E-state index is 0.228. The van der Waals surface area contributed by atoms with Crippen molar-refractivity contribution in [2.45, 2.75) is 13.8 Å². The number of methoxy groups -OCH3 is 1. The number of nitrogen functional groups attached to an aromatic ring is 1. The summed E-state index contributed by atoms with van der Waals surface area (Å²) in [4.78, 5) is 2.05. The zero-order valence-electron chi connectivity index (χ0n) is 9.38. The van der Waals surface area contributed by atoms with Crippen LogP contribution in [0.1, 0.15) is 13.8 Å². The molecule has 0 fully saturated rings. The minimum Gasteiger partial charge on any atom is -0.494 e. The van der Waals surface area contributed by atoms with E-state index in [2.05, 4.69) is 4.90 Å². The average Bonchev–Trinajstić information content (AvgIpc) is 2.22. The summed E-state index contributed by atoms with van der Waals surface area (Å²) >= 11 is 0. The Morgan fingerprint density at radius 1 is 1.33 bits per heavy atom. The van der Waals surface area contributed by atoms with Gasteiger partial charge in [0.25, 0.3) is 0 Å². The van der Waals surface area contributed by atoms with Crippen LogP contribution in [0.15, 0.2) is 12.1 Å². The van der Waals surface area contributed by atoms with E-state index in [1.54, 1.807) is 6.07 Å². The molecular weight excluding hydrogens is 195 g/mol. The lowest BCUT2D eigenvalue weighted by molar-refractivity contribution is 0.387. The highest BCUT2D eigenvalue weighted by molar-refractivity contribution is 5.70. The van der Waals surface area contributed by atoms with Crippen LogP contribution in [0.2, 0.25) is 0 Å². The summed E-state index contributed by atoms with van der Waals surface area (Å²) in [7, 11) is 1.45. The van der Waals surface area contributed by atoms with Gasteiger partial charge in [0, 0.05) is 25.2 Å². The number of ether oxygens (including phenoxy) is 1. The molecule has 0 unspecified atom stereocenters. The molecule has 0 atom stereocenters. The minimum atomic E-state index is -0.425. The number of halogens is 1. The third kappa shape index (κ3) is 2.32. The zero-order chi connectivity index (χ0) is 11.4. The number of nitrogens with zero attached hydrogens (tertiary/aromatic N) is 1. The Bertz CT molecular complexity index is 338. The smallest absolute Gasteiger partial charge is 0.167 e. The van der Waals surface area contributed by atoms with Crippen molar-refractivity contribution in [3.63, 3.8) is 0 Å². The van der Waals surface area contributed by atoms with Gasteiger partial charge in [-0.3, -0.25) is 0 Å². The van der Waals surface area contributed by atoms with Gasteiger partial charge in [0.2, 0.25) is 0 Å². The first kappa shape index (κ1) is 11.6. The SMILES string of the molecule is CCN(CC)c1cc(OC)c(F)cc1N. The lowest BCUT2D eigenvalue weighted by atomic mass is 10.2. The number of nitrogens with two attached hydrogens (primary N) is 1. The molecule has 0 spiro atoms. The molecule has 84 valence electrons. The fourth-order valence-corrected chi connectivity index (χ4v) is 1.55. The maximum Gasteiger partial charge on any atom is 0.167 e. The van der Waals surface area contributed by atoms with Crippen molar-refractivity contribution < 1.29 is 9.13 Å². The summed E-state index contributed by atoms with van der Waals surface area (Å²) in [6.45, 7) is 5.71. The predicted octanol–water partition coefficient (Wildman–Crippen LogP) is 2.26. The molecule has 1 rings (SSSR count). The highest BCUT2D eigenvalue weighted by Gasteiger charge is 2.11. The van der Waals surface area contributed by atoms with Crippen molar-refractivity contribution in [1.82, 2.24) is 0 Å². The van der Waals surface area contributed by atoms with Crippen molar-refractivity contribution in [3.8, 4) is 5.75 Å². The predicted molar refractivity (Wildman–Crippen MR) is 60.9 cm³/mol. The van der Waals surface area contributed by atoms with Crippen molar-refractivity contribution in [2.75, 3.05) is 30.8 Å². The second kappa shape index (κ2) is 4.87. The van der Waals surface area contributed by atoms with Gasteiger partial charge < -0.3 is 15.4 Å². The Kier molecular flexibility index (Phi) is 3.77. The maximum absolute atomic E-state index is 13.3. The third-order valence-electron chi connectivity index (χ3n) is 2.41. The lowest BCUT2D eigenvalue weighted by Crippen LogP contribution is -2.23. The van der Waals surface area contributed by atoms with Gasteiger partial charge in [-0.05, 0) is 13.8 Å².